The fourth-order valence-electron chi connectivity index (χ4n) is 2.38. The monoisotopic (exact) mass is 308 g/mol. The third-order valence-electron chi connectivity index (χ3n) is 3.46. The molecule has 0 aliphatic carbocycles. The first kappa shape index (κ1) is 15.7. The minimum Gasteiger partial charge on any atom is -0.376 e. The number of hydrogen-bond donors (Lipinski definition) is 1. The summed E-state index contributed by atoms with van der Waals surface area (Å²) in [6, 6.07) is -0.207. The predicted octanol–water partition coefficient (Wildman–Crippen LogP) is 3.63. The number of nitrogens with one attached hydrogen (secondary N) is 1. The van der Waals surface area contributed by atoms with Gasteiger partial charge in [0.05, 0.1) is 12.1 Å². The summed E-state index contributed by atoms with van der Waals surface area (Å²) in [5.41, 5.74) is 0. The molecule has 0 amide bonds. The predicted molar refractivity (Wildman–Crippen MR) is 71.7 cm³/mol. The SMILES string of the molecule is CCCNC(c1cnc(C(F)(F)F)s1)C1OCCC1C. The van der Waals surface area contributed by atoms with Crippen LogP contribution in [-0.2, 0) is 10.9 Å². The second-order valence-electron chi connectivity index (χ2n) is 5.10. The van der Waals surface area contributed by atoms with E-state index in [-0.39, 0.29) is 12.1 Å². The number of hydrogen-bond acceptors (Lipinski definition) is 4. The molecular formula is C13H19F3N2OS. The lowest BCUT2D eigenvalue weighted by atomic mass is 9.97. The summed E-state index contributed by atoms with van der Waals surface area (Å²) >= 11 is 0.709. The molecule has 3 atom stereocenters. The quantitative estimate of drug-likeness (QED) is 0.902. The molecule has 0 aromatic carbocycles. The maximum atomic E-state index is 12.7. The fraction of sp³-hybridized carbons (Fsp3) is 0.769. The van der Waals surface area contributed by atoms with E-state index in [1.54, 1.807) is 0 Å². The molecule has 114 valence electrons. The van der Waals surface area contributed by atoms with Gasteiger partial charge in [0.25, 0.3) is 0 Å². The van der Waals surface area contributed by atoms with Crippen LogP contribution in [-0.4, -0.2) is 24.2 Å². The van der Waals surface area contributed by atoms with Crippen molar-refractivity contribution >= 4 is 11.3 Å². The third kappa shape index (κ3) is 3.51. The summed E-state index contributed by atoms with van der Waals surface area (Å²) in [4.78, 5) is 4.11. The van der Waals surface area contributed by atoms with Crippen molar-refractivity contribution < 1.29 is 17.9 Å². The van der Waals surface area contributed by atoms with E-state index in [0.29, 0.717) is 28.7 Å². The summed E-state index contributed by atoms with van der Waals surface area (Å²) in [5.74, 6) is 0.334. The molecule has 2 heterocycles. The zero-order valence-electron chi connectivity index (χ0n) is 11.5. The van der Waals surface area contributed by atoms with E-state index in [4.69, 9.17) is 4.74 Å². The van der Waals surface area contributed by atoms with E-state index < -0.39 is 11.2 Å². The van der Waals surface area contributed by atoms with Crippen molar-refractivity contribution in [2.75, 3.05) is 13.2 Å². The van der Waals surface area contributed by atoms with Crippen molar-refractivity contribution in [2.24, 2.45) is 5.92 Å². The van der Waals surface area contributed by atoms with Gasteiger partial charge in [0.15, 0.2) is 5.01 Å². The van der Waals surface area contributed by atoms with Crippen LogP contribution in [0.4, 0.5) is 13.2 Å². The Hall–Kier alpha value is -0.660. The Bertz CT molecular complexity index is 435. The molecule has 7 heteroatoms. The summed E-state index contributed by atoms with van der Waals surface area (Å²) in [6.07, 6.45) is -1.26. The molecule has 1 fully saturated rings. The molecule has 0 spiro atoms. The summed E-state index contributed by atoms with van der Waals surface area (Å²) < 4.78 is 43.7. The van der Waals surface area contributed by atoms with Crippen LogP contribution >= 0.6 is 11.3 Å². The minimum atomic E-state index is -4.37. The largest absolute Gasteiger partial charge is 0.443 e. The molecule has 0 saturated carbocycles. The number of thiazole rings is 1. The highest BCUT2D eigenvalue weighted by molar-refractivity contribution is 7.11. The average molecular weight is 308 g/mol. The van der Waals surface area contributed by atoms with Gasteiger partial charge in [-0.25, -0.2) is 4.98 Å². The van der Waals surface area contributed by atoms with Gasteiger partial charge in [-0.1, -0.05) is 13.8 Å². The average Bonchev–Trinajstić information content (AvgIpc) is 2.99. The van der Waals surface area contributed by atoms with Gasteiger partial charge in [0, 0.05) is 17.7 Å². The van der Waals surface area contributed by atoms with Crippen LogP contribution in [0, 0.1) is 5.92 Å². The molecule has 1 saturated heterocycles. The van der Waals surface area contributed by atoms with Crippen molar-refractivity contribution in [3.63, 3.8) is 0 Å². The third-order valence-corrected chi connectivity index (χ3v) is 4.58. The Kier molecular flexibility index (Phi) is 5.04. The van der Waals surface area contributed by atoms with E-state index in [0.717, 1.165) is 19.4 Å². The van der Waals surface area contributed by atoms with Gasteiger partial charge in [0.2, 0.25) is 0 Å². The number of halogens is 3. The first-order valence-corrected chi connectivity index (χ1v) is 7.63. The molecule has 1 aromatic heterocycles. The normalized spacial score (nSPS) is 25.1. The van der Waals surface area contributed by atoms with Gasteiger partial charge >= 0.3 is 6.18 Å². The van der Waals surface area contributed by atoms with E-state index in [9.17, 15) is 13.2 Å². The molecule has 1 aliphatic heterocycles. The zero-order chi connectivity index (χ0) is 14.8. The molecule has 1 aliphatic rings. The van der Waals surface area contributed by atoms with Crippen LogP contribution in [0.5, 0.6) is 0 Å². The highest BCUT2D eigenvalue weighted by atomic mass is 32.1. The number of alkyl halides is 3. The van der Waals surface area contributed by atoms with Crippen molar-refractivity contribution in [3.05, 3.63) is 16.1 Å². The maximum absolute atomic E-state index is 12.7. The van der Waals surface area contributed by atoms with Crippen LogP contribution in [0.15, 0.2) is 6.20 Å². The van der Waals surface area contributed by atoms with Gasteiger partial charge < -0.3 is 10.1 Å². The molecule has 0 radical (unpaired) electrons. The summed E-state index contributed by atoms with van der Waals surface area (Å²) in [6.45, 7) is 5.51. The van der Waals surface area contributed by atoms with Crippen LogP contribution in [0.3, 0.4) is 0 Å². The summed E-state index contributed by atoms with van der Waals surface area (Å²) in [5, 5.41) is 2.51. The smallest absolute Gasteiger partial charge is 0.376 e. The molecular weight excluding hydrogens is 289 g/mol. The van der Waals surface area contributed by atoms with Crippen LogP contribution in [0.1, 0.15) is 42.6 Å². The Morgan fingerprint density at radius 3 is 2.80 bits per heavy atom. The van der Waals surface area contributed by atoms with Crippen LogP contribution in [0.25, 0.3) is 0 Å². The maximum Gasteiger partial charge on any atom is 0.443 e. The van der Waals surface area contributed by atoms with Crippen LogP contribution < -0.4 is 5.32 Å². The molecule has 3 unspecified atom stereocenters. The van der Waals surface area contributed by atoms with Crippen molar-refractivity contribution in [1.29, 1.82) is 0 Å². The van der Waals surface area contributed by atoms with Crippen molar-refractivity contribution in [3.8, 4) is 0 Å². The fourth-order valence-corrected chi connectivity index (χ4v) is 3.28. The standard InChI is InChI=1S/C13H19F3N2OS/c1-3-5-17-10(11-8(2)4-6-19-11)9-7-18-12(20-9)13(14,15)16/h7-8,10-11,17H,3-6H2,1-2H3. The molecule has 1 aromatic rings. The Labute approximate surface area is 120 Å². The van der Waals surface area contributed by atoms with E-state index in [2.05, 4.69) is 17.2 Å². The minimum absolute atomic E-state index is 0.0805. The molecule has 20 heavy (non-hydrogen) atoms. The van der Waals surface area contributed by atoms with Gasteiger partial charge in [-0.05, 0) is 25.3 Å². The van der Waals surface area contributed by atoms with E-state index in [1.165, 1.54) is 6.20 Å². The second-order valence-corrected chi connectivity index (χ2v) is 6.16. The summed E-state index contributed by atoms with van der Waals surface area (Å²) in [7, 11) is 0. The van der Waals surface area contributed by atoms with E-state index >= 15 is 0 Å². The van der Waals surface area contributed by atoms with Crippen molar-refractivity contribution in [2.45, 2.75) is 45.0 Å². The van der Waals surface area contributed by atoms with Gasteiger partial charge in [0.1, 0.15) is 0 Å². The van der Waals surface area contributed by atoms with Gasteiger partial charge in [-0.3, -0.25) is 0 Å². The number of ether oxygens (including phenoxy) is 1. The lowest BCUT2D eigenvalue weighted by Crippen LogP contribution is -2.34. The van der Waals surface area contributed by atoms with Crippen molar-refractivity contribution in [1.82, 2.24) is 10.3 Å². The van der Waals surface area contributed by atoms with Gasteiger partial charge in [-0.2, -0.15) is 13.2 Å². The molecule has 3 nitrogen and oxygen atoms in total. The van der Waals surface area contributed by atoms with E-state index in [1.807, 2.05) is 6.92 Å². The second kappa shape index (κ2) is 6.41. The highest BCUT2D eigenvalue weighted by Crippen LogP contribution is 2.38. The number of nitrogens with zero attached hydrogens (tertiary/aromatic N) is 1. The first-order valence-electron chi connectivity index (χ1n) is 6.81. The molecule has 2 rings (SSSR count). The molecule has 1 N–H and O–H groups in total. The topological polar surface area (TPSA) is 34.2 Å². The Balaban J connectivity index is 2.19. The number of rotatable bonds is 5. The van der Waals surface area contributed by atoms with Crippen LogP contribution in [0.2, 0.25) is 0 Å². The first-order chi connectivity index (χ1) is 9.43. The Morgan fingerprint density at radius 1 is 1.55 bits per heavy atom. The number of aromatic nitrogens is 1. The molecule has 0 bridgehead atoms. The Morgan fingerprint density at radius 2 is 2.30 bits per heavy atom. The lowest BCUT2D eigenvalue weighted by Gasteiger charge is -2.26. The lowest BCUT2D eigenvalue weighted by molar-refractivity contribution is -0.137. The zero-order valence-corrected chi connectivity index (χ0v) is 12.4. The van der Waals surface area contributed by atoms with Gasteiger partial charge in [-0.15, -0.1) is 11.3 Å². The highest BCUT2D eigenvalue weighted by Gasteiger charge is 2.38.